The number of aliphatic imine (C=N–C) groups is 1. The van der Waals surface area contributed by atoms with E-state index in [0.29, 0.717) is 25.0 Å². The van der Waals surface area contributed by atoms with Crippen LogP contribution in [-0.4, -0.2) is 61.6 Å². The van der Waals surface area contributed by atoms with Crippen molar-refractivity contribution in [2.45, 2.75) is 65.0 Å². The van der Waals surface area contributed by atoms with Crippen LogP contribution in [-0.2, 0) is 11.2 Å². The molecule has 1 amide bonds. The molecular formula is C23H38IN5O. The number of amides is 1. The summed E-state index contributed by atoms with van der Waals surface area (Å²) in [4.78, 5) is 21.8. The number of nitrogens with zero attached hydrogens (tertiary/aromatic N) is 3. The number of anilines is 1. The van der Waals surface area contributed by atoms with Crippen molar-refractivity contribution >= 4 is 41.5 Å². The Morgan fingerprint density at radius 2 is 1.93 bits per heavy atom. The number of carbonyl (C=O) groups is 1. The molecule has 2 aliphatic heterocycles. The third kappa shape index (κ3) is 6.83. The van der Waals surface area contributed by atoms with Crippen LogP contribution in [0.5, 0.6) is 0 Å². The fourth-order valence-corrected chi connectivity index (χ4v) is 4.23. The minimum atomic E-state index is 0. The summed E-state index contributed by atoms with van der Waals surface area (Å²) < 4.78 is 0. The van der Waals surface area contributed by atoms with Crippen LogP contribution in [0.2, 0.25) is 0 Å². The van der Waals surface area contributed by atoms with Gasteiger partial charge in [-0.05, 0) is 58.1 Å². The fraction of sp³-hybridized carbons (Fsp3) is 0.652. The molecule has 0 aromatic heterocycles. The first-order chi connectivity index (χ1) is 14.1. The molecule has 168 valence electrons. The SMILES string of the molecule is CCNC(=NCCCC(=O)N1CCc2ccccc21)NC1CCN(C(C)C)CC1.I. The van der Waals surface area contributed by atoms with Gasteiger partial charge in [0.05, 0.1) is 0 Å². The quantitative estimate of drug-likeness (QED) is 0.247. The molecule has 0 atom stereocenters. The molecule has 0 unspecified atom stereocenters. The number of rotatable bonds is 7. The van der Waals surface area contributed by atoms with E-state index in [0.717, 1.165) is 63.5 Å². The molecule has 1 aromatic carbocycles. The van der Waals surface area contributed by atoms with Gasteiger partial charge in [0.1, 0.15) is 0 Å². The van der Waals surface area contributed by atoms with Gasteiger partial charge in [-0.25, -0.2) is 0 Å². The lowest BCUT2D eigenvalue weighted by atomic mass is 10.0. The molecule has 2 N–H and O–H groups in total. The highest BCUT2D eigenvalue weighted by atomic mass is 127. The zero-order valence-electron chi connectivity index (χ0n) is 18.7. The lowest BCUT2D eigenvalue weighted by Crippen LogP contribution is -2.49. The molecular weight excluding hydrogens is 489 g/mol. The molecule has 30 heavy (non-hydrogen) atoms. The number of carbonyl (C=O) groups excluding carboxylic acids is 1. The number of fused-ring (bicyclic) bond motifs is 1. The van der Waals surface area contributed by atoms with Crippen LogP contribution in [0.25, 0.3) is 0 Å². The maximum atomic E-state index is 12.6. The van der Waals surface area contributed by atoms with Crippen molar-refractivity contribution in [3.63, 3.8) is 0 Å². The fourth-order valence-electron chi connectivity index (χ4n) is 4.23. The van der Waals surface area contributed by atoms with Crippen molar-refractivity contribution in [3.8, 4) is 0 Å². The second-order valence-corrected chi connectivity index (χ2v) is 8.34. The molecule has 0 spiro atoms. The van der Waals surface area contributed by atoms with E-state index in [2.05, 4.69) is 48.4 Å². The van der Waals surface area contributed by atoms with Gasteiger partial charge in [-0.15, -0.1) is 24.0 Å². The van der Waals surface area contributed by atoms with E-state index in [1.54, 1.807) is 0 Å². The summed E-state index contributed by atoms with van der Waals surface area (Å²) in [7, 11) is 0. The number of para-hydroxylation sites is 1. The van der Waals surface area contributed by atoms with Gasteiger partial charge in [-0.3, -0.25) is 9.79 Å². The maximum absolute atomic E-state index is 12.6. The highest BCUT2D eigenvalue weighted by Crippen LogP contribution is 2.28. The molecule has 0 bridgehead atoms. The lowest BCUT2D eigenvalue weighted by molar-refractivity contribution is -0.118. The molecule has 0 radical (unpaired) electrons. The Hall–Kier alpha value is -1.35. The van der Waals surface area contributed by atoms with E-state index in [1.807, 2.05) is 17.0 Å². The number of nitrogens with one attached hydrogen (secondary N) is 2. The number of hydrogen-bond acceptors (Lipinski definition) is 3. The highest BCUT2D eigenvalue weighted by molar-refractivity contribution is 14.0. The minimum absolute atomic E-state index is 0. The Balaban J connectivity index is 0.00000320. The number of guanidine groups is 1. The standard InChI is InChI=1S/C23H37N5O.HI/c1-4-24-23(26-20-12-15-27(16-13-20)18(2)3)25-14-7-10-22(29)28-17-11-19-8-5-6-9-21(19)28;/h5-6,8-9,18,20H,4,7,10-17H2,1-3H3,(H2,24,25,26);1H. The normalized spacial score (nSPS) is 17.6. The smallest absolute Gasteiger partial charge is 0.227 e. The third-order valence-corrected chi connectivity index (χ3v) is 5.95. The van der Waals surface area contributed by atoms with E-state index in [4.69, 9.17) is 4.99 Å². The van der Waals surface area contributed by atoms with Gasteiger partial charge in [0.25, 0.3) is 0 Å². The van der Waals surface area contributed by atoms with Gasteiger partial charge in [0.15, 0.2) is 5.96 Å². The molecule has 2 aliphatic rings. The van der Waals surface area contributed by atoms with Gasteiger partial charge in [-0.1, -0.05) is 18.2 Å². The van der Waals surface area contributed by atoms with Crippen LogP contribution in [0.3, 0.4) is 0 Å². The Morgan fingerprint density at radius 1 is 1.20 bits per heavy atom. The number of halogens is 1. The maximum Gasteiger partial charge on any atom is 0.227 e. The van der Waals surface area contributed by atoms with Crippen LogP contribution in [0.15, 0.2) is 29.3 Å². The van der Waals surface area contributed by atoms with Crippen molar-refractivity contribution in [1.82, 2.24) is 15.5 Å². The first-order valence-corrected chi connectivity index (χ1v) is 11.3. The minimum Gasteiger partial charge on any atom is -0.357 e. The first kappa shape index (κ1) is 24.9. The molecule has 0 aliphatic carbocycles. The largest absolute Gasteiger partial charge is 0.357 e. The van der Waals surface area contributed by atoms with Crippen molar-refractivity contribution in [3.05, 3.63) is 29.8 Å². The summed E-state index contributed by atoms with van der Waals surface area (Å²) in [6.45, 7) is 11.2. The van der Waals surface area contributed by atoms with Gasteiger partial charge in [-0.2, -0.15) is 0 Å². The summed E-state index contributed by atoms with van der Waals surface area (Å²) >= 11 is 0. The average molecular weight is 527 g/mol. The average Bonchev–Trinajstić information content (AvgIpc) is 3.16. The van der Waals surface area contributed by atoms with Crippen LogP contribution in [0.4, 0.5) is 5.69 Å². The topological polar surface area (TPSA) is 60.0 Å². The van der Waals surface area contributed by atoms with E-state index in [9.17, 15) is 4.79 Å². The van der Waals surface area contributed by atoms with Gasteiger partial charge in [0, 0.05) is 56.9 Å². The Kier molecular flexibility index (Phi) is 10.4. The Morgan fingerprint density at radius 3 is 2.63 bits per heavy atom. The Labute approximate surface area is 198 Å². The zero-order chi connectivity index (χ0) is 20.6. The third-order valence-electron chi connectivity index (χ3n) is 5.95. The summed E-state index contributed by atoms with van der Waals surface area (Å²) in [6.07, 6.45) is 4.58. The highest BCUT2D eigenvalue weighted by Gasteiger charge is 2.24. The van der Waals surface area contributed by atoms with E-state index < -0.39 is 0 Å². The van der Waals surface area contributed by atoms with Crippen LogP contribution in [0.1, 0.15) is 52.0 Å². The Bertz CT molecular complexity index is 701. The predicted molar refractivity (Wildman–Crippen MR) is 136 cm³/mol. The first-order valence-electron chi connectivity index (χ1n) is 11.3. The summed E-state index contributed by atoms with van der Waals surface area (Å²) in [5.41, 5.74) is 2.37. The summed E-state index contributed by atoms with van der Waals surface area (Å²) in [6, 6.07) is 9.32. The number of likely N-dealkylation sites (tertiary alicyclic amines) is 1. The summed E-state index contributed by atoms with van der Waals surface area (Å²) in [5, 5.41) is 6.94. The van der Waals surface area contributed by atoms with Gasteiger partial charge in [0.2, 0.25) is 5.91 Å². The van der Waals surface area contributed by atoms with Crippen molar-refractivity contribution < 1.29 is 4.79 Å². The zero-order valence-corrected chi connectivity index (χ0v) is 21.0. The monoisotopic (exact) mass is 527 g/mol. The number of hydrogen-bond donors (Lipinski definition) is 2. The van der Waals surface area contributed by atoms with E-state index in [1.165, 1.54) is 5.56 Å². The van der Waals surface area contributed by atoms with Crippen molar-refractivity contribution in [1.29, 1.82) is 0 Å². The van der Waals surface area contributed by atoms with E-state index in [-0.39, 0.29) is 29.9 Å². The molecule has 1 saturated heterocycles. The van der Waals surface area contributed by atoms with Crippen molar-refractivity contribution in [2.24, 2.45) is 4.99 Å². The molecule has 2 heterocycles. The molecule has 1 fully saturated rings. The van der Waals surface area contributed by atoms with Crippen LogP contribution < -0.4 is 15.5 Å². The summed E-state index contributed by atoms with van der Waals surface area (Å²) in [5.74, 6) is 1.10. The lowest BCUT2D eigenvalue weighted by Gasteiger charge is -2.35. The predicted octanol–water partition coefficient (Wildman–Crippen LogP) is 3.40. The van der Waals surface area contributed by atoms with Crippen molar-refractivity contribution in [2.75, 3.05) is 37.6 Å². The second-order valence-electron chi connectivity index (χ2n) is 8.34. The van der Waals surface area contributed by atoms with E-state index >= 15 is 0 Å². The van der Waals surface area contributed by atoms with Crippen LogP contribution >= 0.6 is 24.0 Å². The molecule has 1 aromatic rings. The molecule has 7 heteroatoms. The number of benzene rings is 1. The van der Waals surface area contributed by atoms with Gasteiger partial charge < -0.3 is 20.4 Å². The second kappa shape index (κ2) is 12.5. The van der Waals surface area contributed by atoms with Crippen LogP contribution in [0, 0.1) is 0 Å². The molecule has 0 saturated carbocycles. The van der Waals surface area contributed by atoms with Gasteiger partial charge >= 0.3 is 0 Å². The molecule has 3 rings (SSSR count). The number of piperidine rings is 1. The molecule has 6 nitrogen and oxygen atoms in total.